The van der Waals surface area contributed by atoms with E-state index in [4.69, 9.17) is 5.11 Å². The number of halogens is 1. The van der Waals surface area contributed by atoms with Crippen LogP contribution in [0.2, 0.25) is 0 Å². The number of hydrogen-bond donors (Lipinski definition) is 1. The van der Waals surface area contributed by atoms with Gasteiger partial charge in [0.05, 0.1) is 5.56 Å². The van der Waals surface area contributed by atoms with Gasteiger partial charge in [-0.25, -0.2) is 4.39 Å². The van der Waals surface area contributed by atoms with E-state index in [0.29, 0.717) is 24.7 Å². The molecule has 1 aliphatic rings. The molecule has 0 radical (unpaired) electrons. The molecule has 1 aromatic rings. The molecule has 0 bridgehead atoms. The van der Waals surface area contributed by atoms with Crippen LogP contribution in [0.15, 0.2) is 18.2 Å². The van der Waals surface area contributed by atoms with Crippen molar-refractivity contribution in [2.24, 2.45) is 0 Å². The summed E-state index contributed by atoms with van der Waals surface area (Å²) in [5.74, 6) is 4.54. The number of rotatable bonds is 2. The molecule has 112 valence electrons. The molecule has 1 unspecified atom stereocenters. The molecule has 1 aromatic carbocycles. The van der Waals surface area contributed by atoms with E-state index in [1.165, 1.54) is 18.2 Å². The van der Waals surface area contributed by atoms with Gasteiger partial charge in [-0.05, 0) is 38.7 Å². The molecule has 0 aliphatic carbocycles. The van der Waals surface area contributed by atoms with Gasteiger partial charge in [0.2, 0.25) is 0 Å². The van der Waals surface area contributed by atoms with Gasteiger partial charge in [0, 0.05) is 24.7 Å². The number of hydrogen-bond acceptors (Lipinski definition) is 3. The highest BCUT2D eigenvalue weighted by atomic mass is 19.1. The SMILES string of the molecule is CN(C)C1CCN(C(=O)c2cc(F)ccc2C#CCO)C1. The zero-order valence-corrected chi connectivity index (χ0v) is 12.3. The fourth-order valence-corrected chi connectivity index (χ4v) is 2.46. The Morgan fingerprint density at radius 1 is 1.52 bits per heavy atom. The molecule has 21 heavy (non-hydrogen) atoms. The molecule has 1 fully saturated rings. The number of likely N-dealkylation sites (N-methyl/N-ethyl adjacent to an activating group) is 1. The van der Waals surface area contributed by atoms with E-state index in [1.807, 2.05) is 14.1 Å². The zero-order chi connectivity index (χ0) is 15.4. The van der Waals surface area contributed by atoms with Gasteiger partial charge in [-0.1, -0.05) is 11.8 Å². The highest BCUT2D eigenvalue weighted by molar-refractivity contribution is 5.97. The summed E-state index contributed by atoms with van der Waals surface area (Å²) in [6.45, 7) is 0.998. The lowest BCUT2D eigenvalue weighted by Crippen LogP contribution is -2.34. The summed E-state index contributed by atoms with van der Waals surface area (Å²) in [6, 6.07) is 4.29. The highest BCUT2D eigenvalue weighted by Crippen LogP contribution is 2.19. The first-order chi connectivity index (χ1) is 10.0. The van der Waals surface area contributed by atoms with E-state index in [9.17, 15) is 9.18 Å². The van der Waals surface area contributed by atoms with Crippen LogP contribution in [0, 0.1) is 17.7 Å². The Kier molecular flexibility index (Phi) is 4.94. The van der Waals surface area contributed by atoms with Crippen LogP contribution in [0.25, 0.3) is 0 Å². The van der Waals surface area contributed by atoms with Crippen LogP contribution in [-0.4, -0.2) is 60.6 Å². The smallest absolute Gasteiger partial charge is 0.255 e. The lowest BCUT2D eigenvalue weighted by molar-refractivity contribution is 0.0782. The van der Waals surface area contributed by atoms with E-state index in [2.05, 4.69) is 16.7 Å². The number of carbonyl (C=O) groups is 1. The van der Waals surface area contributed by atoms with Crippen molar-refractivity contribution in [1.82, 2.24) is 9.80 Å². The van der Waals surface area contributed by atoms with Gasteiger partial charge in [0.1, 0.15) is 12.4 Å². The number of aliphatic hydroxyl groups excluding tert-OH is 1. The molecule has 2 rings (SSSR count). The van der Waals surface area contributed by atoms with Gasteiger partial charge in [0.15, 0.2) is 0 Å². The van der Waals surface area contributed by atoms with Crippen LogP contribution in [0.4, 0.5) is 4.39 Å². The maximum Gasteiger partial charge on any atom is 0.255 e. The molecule has 5 heteroatoms. The average Bonchev–Trinajstić information content (AvgIpc) is 2.95. The normalized spacial score (nSPS) is 17.8. The molecule has 1 atom stereocenters. The number of likely N-dealkylation sites (tertiary alicyclic amines) is 1. The van der Waals surface area contributed by atoms with Gasteiger partial charge < -0.3 is 14.9 Å². The zero-order valence-electron chi connectivity index (χ0n) is 12.3. The molecule has 0 spiro atoms. The Labute approximate surface area is 124 Å². The van der Waals surface area contributed by atoms with Gasteiger partial charge in [0.25, 0.3) is 5.91 Å². The van der Waals surface area contributed by atoms with Crippen molar-refractivity contribution in [3.8, 4) is 11.8 Å². The van der Waals surface area contributed by atoms with E-state index in [1.54, 1.807) is 4.90 Å². The number of nitrogens with zero attached hydrogens (tertiary/aromatic N) is 2. The van der Waals surface area contributed by atoms with Crippen LogP contribution >= 0.6 is 0 Å². The average molecular weight is 290 g/mol. The summed E-state index contributed by atoms with van der Waals surface area (Å²) >= 11 is 0. The molecular formula is C16H19FN2O2. The molecule has 1 amide bonds. The standard InChI is InChI=1S/C16H19FN2O2/c1-18(2)14-7-8-19(11-14)16(21)15-10-13(17)6-5-12(15)4-3-9-20/h5-6,10,14,20H,7-9,11H2,1-2H3. The van der Waals surface area contributed by atoms with Crippen molar-refractivity contribution in [3.05, 3.63) is 35.1 Å². The second kappa shape index (κ2) is 6.70. The van der Waals surface area contributed by atoms with E-state index >= 15 is 0 Å². The molecule has 1 saturated heterocycles. The monoisotopic (exact) mass is 290 g/mol. The van der Waals surface area contributed by atoms with Gasteiger partial charge in [-0.15, -0.1) is 0 Å². The Morgan fingerprint density at radius 3 is 2.90 bits per heavy atom. The van der Waals surface area contributed by atoms with Gasteiger partial charge in [-0.3, -0.25) is 4.79 Å². The molecular weight excluding hydrogens is 271 g/mol. The van der Waals surface area contributed by atoms with Crippen LogP contribution in [0.3, 0.4) is 0 Å². The second-order valence-corrected chi connectivity index (χ2v) is 5.31. The van der Waals surface area contributed by atoms with Gasteiger partial charge in [-0.2, -0.15) is 0 Å². The van der Waals surface area contributed by atoms with Crippen molar-refractivity contribution in [1.29, 1.82) is 0 Å². The number of amides is 1. The van der Waals surface area contributed by atoms with Crippen molar-refractivity contribution in [3.63, 3.8) is 0 Å². The first-order valence-electron chi connectivity index (χ1n) is 6.88. The summed E-state index contributed by atoms with van der Waals surface area (Å²) in [5.41, 5.74) is 0.708. The summed E-state index contributed by atoms with van der Waals surface area (Å²) in [5, 5.41) is 8.77. The number of benzene rings is 1. The third-order valence-corrected chi connectivity index (χ3v) is 3.70. The first kappa shape index (κ1) is 15.5. The van der Waals surface area contributed by atoms with E-state index < -0.39 is 5.82 Å². The molecule has 0 aromatic heterocycles. The highest BCUT2D eigenvalue weighted by Gasteiger charge is 2.29. The lowest BCUT2D eigenvalue weighted by atomic mass is 10.1. The molecule has 1 N–H and O–H groups in total. The summed E-state index contributed by atoms with van der Waals surface area (Å²) < 4.78 is 13.4. The van der Waals surface area contributed by atoms with E-state index in [0.717, 1.165) is 6.42 Å². The van der Waals surface area contributed by atoms with E-state index in [-0.39, 0.29) is 18.1 Å². The minimum Gasteiger partial charge on any atom is -0.384 e. The summed E-state index contributed by atoms with van der Waals surface area (Å²) in [7, 11) is 3.97. The van der Waals surface area contributed by atoms with Crippen molar-refractivity contribution in [2.45, 2.75) is 12.5 Å². The van der Waals surface area contributed by atoms with Crippen LogP contribution in [-0.2, 0) is 0 Å². The predicted octanol–water partition coefficient (Wildman–Crippen LogP) is 0.946. The summed E-state index contributed by atoms with van der Waals surface area (Å²) in [4.78, 5) is 16.4. The molecule has 0 saturated carbocycles. The predicted molar refractivity (Wildman–Crippen MR) is 78.4 cm³/mol. The largest absolute Gasteiger partial charge is 0.384 e. The quantitative estimate of drug-likeness (QED) is 0.825. The second-order valence-electron chi connectivity index (χ2n) is 5.31. The van der Waals surface area contributed by atoms with Crippen molar-refractivity contribution >= 4 is 5.91 Å². The number of carbonyl (C=O) groups excluding carboxylic acids is 1. The third kappa shape index (κ3) is 3.60. The third-order valence-electron chi connectivity index (χ3n) is 3.70. The van der Waals surface area contributed by atoms with Crippen molar-refractivity contribution < 1.29 is 14.3 Å². The van der Waals surface area contributed by atoms with Gasteiger partial charge >= 0.3 is 0 Å². The maximum absolute atomic E-state index is 13.4. The molecule has 1 aliphatic heterocycles. The minimum absolute atomic E-state index is 0.207. The van der Waals surface area contributed by atoms with Crippen LogP contribution in [0.5, 0.6) is 0 Å². The minimum atomic E-state index is -0.462. The Bertz CT molecular complexity index is 590. The van der Waals surface area contributed by atoms with Crippen molar-refractivity contribution in [2.75, 3.05) is 33.8 Å². The molecule has 4 nitrogen and oxygen atoms in total. The lowest BCUT2D eigenvalue weighted by Gasteiger charge is -2.21. The van der Waals surface area contributed by atoms with Crippen LogP contribution in [0.1, 0.15) is 22.3 Å². The topological polar surface area (TPSA) is 43.8 Å². The Morgan fingerprint density at radius 2 is 2.29 bits per heavy atom. The maximum atomic E-state index is 13.4. The first-order valence-corrected chi connectivity index (χ1v) is 6.88. The Hall–Kier alpha value is -1.90. The summed E-state index contributed by atoms with van der Waals surface area (Å²) in [6.07, 6.45) is 0.908. The fourth-order valence-electron chi connectivity index (χ4n) is 2.46. The molecule has 1 heterocycles. The Balaban J connectivity index is 2.25. The van der Waals surface area contributed by atoms with Crippen LogP contribution < -0.4 is 0 Å². The number of aliphatic hydroxyl groups is 1. The fraction of sp³-hybridized carbons (Fsp3) is 0.438.